The number of rotatable bonds is 1. The Morgan fingerprint density at radius 3 is 2.88 bits per heavy atom. The molecule has 16 heavy (non-hydrogen) atoms. The molecule has 0 amide bonds. The topological polar surface area (TPSA) is 33.0 Å². The van der Waals surface area contributed by atoms with Crippen LogP contribution in [0.3, 0.4) is 0 Å². The number of aryl methyl sites for hydroxylation is 2. The van der Waals surface area contributed by atoms with Gasteiger partial charge >= 0.3 is 0 Å². The number of hydrogen-bond acceptors (Lipinski definition) is 2. The monoisotopic (exact) mass is 215 g/mol. The molecule has 0 radical (unpaired) electrons. The normalized spacial score (nSPS) is 19.2. The van der Waals surface area contributed by atoms with Crippen LogP contribution in [-0.2, 0) is 0 Å². The maximum Gasteiger partial charge on any atom is 0.125 e. The number of ether oxygens (including phenoxy) is 1. The molecule has 1 aromatic carbocycles. The van der Waals surface area contributed by atoms with Crippen molar-refractivity contribution in [2.24, 2.45) is 0 Å². The van der Waals surface area contributed by atoms with Crippen LogP contribution in [0.25, 0.3) is 0 Å². The Morgan fingerprint density at radius 2 is 2.12 bits per heavy atom. The van der Waals surface area contributed by atoms with Crippen molar-refractivity contribution < 1.29 is 4.74 Å². The predicted molar refractivity (Wildman–Crippen MR) is 63.6 cm³/mol. The van der Waals surface area contributed by atoms with Gasteiger partial charge in [-0.15, -0.1) is 0 Å². The number of nitriles is 1. The van der Waals surface area contributed by atoms with E-state index in [0.29, 0.717) is 12.3 Å². The van der Waals surface area contributed by atoms with Crippen molar-refractivity contribution in [3.8, 4) is 11.8 Å². The van der Waals surface area contributed by atoms with E-state index in [1.807, 2.05) is 0 Å². The summed E-state index contributed by atoms with van der Waals surface area (Å²) < 4.78 is 5.83. The predicted octanol–water partition coefficient (Wildman–Crippen LogP) is 3.47. The number of fused-ring (bicyclic) bond motifs is 1. The number of nitrogens with zero attached hydrogens (tertiary/aromatic N) is 1. The molecule has 0 N–H and O–H groups in total. The molecule has 1 heterocycles. The van der Waals surface area contributed by atoms with Crippen LogP contribution in [0.15, 0.2) is 12.1 Å². The minimum Gasteiger partial charge on any atom is -0.493 e. The highest BCUT2D eigenvalue weighted by Crippen LogP contribution is 2.39. The Labute approximate surface area is 96.9 Å². The third-order valence-corrected chi connectivity index (χ3v) is 3.30. The van der Waals surface area contributed by atoms with Gasteiger partial charge in [0.1, 0.15) is 5.75 Å². The Hall–Kier alpha value is -1.49. The summed E-state index contributed by atoms with van der Waals surface area (Å²) >= 11 is 0. The lowest BCUT2D eigenvalue weighted by Crippen LogP contribution is -2.01. The van der Waals surface area contributed by atoms with Gasteiger partial charge in [0.05, 0.1) is 12.7 Å². The third kappa shape index (κ3) is 1.90. The van der Waals surface area contributed by atoms with Crippen molar-refractivity contribution in [1.29, 1.82) is 5.26 Å². The highest BCUT2D eigenvalue weighted by Gasteiger charge is 2.22. The van der Waals surface area contributed by atoms with Gasteiger partial charge in [-0.1, -0.05) is 12.1 Å². The minimum absolute atomic E-state index is 0.349. The molecule has 84 valence electrons. The molecule has 0 spiro atoms. The number of benzene rings is 1. The fourth-order valence-corrected chi connectivity index (χ4v) is 2.47. The van der Waals surface area contributed by atoms with Gasteiger partial charge in [-0.25, -0.2) is 0 Å². The van der Waals surface area contributed by atoms with Gasteiger partial charge in [-0.3, -0.25) is 0 Å². The lowest BCUT2D eigenvalue weighted by molar-refractivity contribution is 0.314. The third-order valence-electron chi connectivity index (χ3n) is 3.30. The molecule has 2 heteroatoms. The van der Waals surface area contributed by atoms with E-state index in [4.69, 9.17) is 10.00 Å². The van der Waals surface area contributed by atoms with Crippen LogP contribution in [-0.4, -0.2) is 6.61 Å². The van der Waals surface area contributed by atoms with Gasteiger partial charge in [-0.2, -0.15) is 5.26 Å². The lowest BCUT2D eigenvalue weighted by atomic mass is 9.87. The standard InChI is InChI=1S/C14H17NO/c1-10-5-6-11(2)14-13(10)12(7-8-15)4-3-9-16-14/h5-6,12H,3-4,7,9H2,1-2H3. The average Bonchev–Trinajstić information content (AvgIpc) is 2.48. The van der Waals surface area contributed by atoms with Crippen molar-refractivity contribution in [2.45, 2.75) is 39.0 Å². The van der Waals surface area contributed by atoms with Gasteiger partial charge in [0.2, 0.25) is 0 Å². The molecule has 0 bridgehead atoms. The molecular formula is C14H17NO. The van der Waals surface area contributed by atoms with Crippen molar-refractivity contribution in [2.75, 3.05) is 6.61 Å². The SMILES string of the molecule is Cc1ccc(C)c2c1OCCCC2CC#N. The molecule has 0 saturated carbocycles. The molecule has 0 aromatic heterocycles. The molecule has 1 aliphatic rings. The van der Waals surface area contributed by atoms with Gasteiger partial charge in [-0.05, 0) is 37.8 Å². The Balaban J connectivity index is 2.51. The Kier molecular flexibility index (Phi) is 3.14. The van der Waals surface area contributed by atoms with Crippen molar-refractivity contribution in [3.63, 3.8) is 0 Å². The zero-order valence-corrected chi connectivity index (χ0v) is 9.92. The summed E-state index contributed by atoms with van der Waals surface area (Å²) in [6, 6.07) is 6.53. The van der Waals surface area contributed by atoms with Crippen molar-refractivity contribution in [1.82, 2.24) is 0 Å². The average molecular weight is 215 g/mol. The van der Waals surface area contributed by atoms with E-state index >= 15 is 0 Å². The molecule has 0 fully saturated rings. The van der Waals surface area contributed by atoms with E-state index in [1.54, 1.807) is 0 Å². The lowest BCUT2D eigenvalue weighted by Gasteiger charge is -2.18. The van der Waals surface area contributed by atoms with E-state index in [0.717, 1.165) is 25.2 Å². The van der Waals surface area contributed by atoms with Crippen LogP contribution in [0.5, 0.6) is 5.75 Å². The fraction of sp³-hybridized carbons (Fsp3) is 0.500. The highest BCUT2D eigenvalue weighted by molar-refractivity contribution is 5.48. The van der Waals surface area contributed by atoms with Crippen LogP contribution >= 0.6 is 0 Å². The van der Waals surface area contributed by atoms with Crippen LogP contribution in [0.2, 0.25) is 0 Å². The summed E-state index contributed by atoms with van der Waals surface area (Å²) in [5, 5.41) is 8.91. The number of hydrogen-bond donors (Lipinski definition) is 0. The van der Waals surface area contributed by atoms with Gasteiger partial charge < -0.3 is 4.74 Å². The molecule has 0 aliphatic carbocycles. The Bertz CT molecular complexity index is 431. The minimum atomic E-state index is 0.349. The second-order valence-corrected chi connectivity index (χ2v) is 4.49. The molecule has 2 rings (SSSR count). The summed E-state index contributed by atoms with van der Waals surface area (Å²) in [6.45, 7) is 4.96. The first kappa shape index (κ1) is 11.0. The van der Waals surface area contributed by atoms with Crippen LogP contribution in [0, 0.1) is 25.2 Å². The van der Waals surface area contributed by atoms with E-state index in [9.17, 15) is 0 Å². The van der Waals surface area contributed by atoms with Crippen LogP contribution in [0.4, 0.5) is 0 Å². The quantitative estimate of drug-likeness (QED) is 0.718. The smallest absolute Gasteiger partial charge is 0.125 e. The van der Waals surface area contributed by atoms with E-state index in [-0.39, 0.29) is 0 Å². The van der Waals surface area contributed by atoms with Crippen molar-refractivity contribution >= 4 is 0 Å². The first-order chi connectivity index (χ1) is 7.74. The zero-order chi connectivity index (χ0) is 11.5. The van der Waals surface area contributed by atoms with E-state index < -0.39 is 0 Å². The second-order valence-electron chi connectivity index (χ2n) is 4.49. The van der Waals surface area contributed by atoms with Gasteiger partial charge in [0.15, 0.2) is 0 Å². The Morgan fingerprint density at radius 1 is 1.38 bits per heavy atom. The summed E-state index contributed by atoms with van der Waals surface area (Å²) in [7, 11) is 0. The van der Waals surface area contributed by atoms with Crippen LogP contribution in [0.1, 0.15) is 41.9 Å². The maximum atomic E-state index is 8.91. The molecular weight excluding hydrogens is 198 g/mol. The largest absolute Gasteiger partial charge is 0.493 e. The first-order valence-corrected chi connectivity index (χ1v) is 5.84. The van der Waals surface area contributed by atoms with Gasteiger partial charge in [0, 0.05) is 17.9 Å². The molecule has 1 aliphatic heterocycles. The summed E-state index contributed by atoms with van der Waals surface area (Å²) in [5.74, 6) is 1.38. The molecule has 1 aromatic rings. The van der Waals surface area contributed by atoms with Crippen molar-refractivity contribution in [3.05, 3.63) is 28.8 Å². The van der Waals surface area contributed by atoms with E-state index in [2.05, 4.69) is 32.0 Å². The first-order valence-electron chi connectivity index (χ1n) is 5.84. The van der Waals surface area contributed by atoms with E-state index in [1.165, 1.54) is 16.7 Å². The molecule has 1 unspecified atom stereocenters. The second kappa shape index (κ2) is 4.57. The highest BCUT2D eigenvalue weighted by atomic mass is 16.5. The van der Waals surface area contributed by atoms with Gasteiger partial charge in [0.25, 0.3) is 0 Å². The summed E-state index contributed by atoms with van der Waals surface area (Å²) in [5.41, 5.74) is 3.70. The fourth-order valence-electron chi connectivity index (χ4n) is 2.47. The van der Waals surface area contributed by atoms with Crippen LogP contribution < -0.4 is 4.74 Å². The summed E-state index contributed by atoms with van der Waals surface area (Å²) in [4.78, 5) is 0. The molecule has 2 nitrogen and oxygen atoms in total. The molecule has 1 atom stereocenters. The molecule has 0 saturated heterocycles. The summed E-state index contributed by atoms with van der Waals surface area (Å²) in [6.07, 6.45) is 2.70. The zero-order valence-electron chi connectivity index (χ0n) is 9.92. The maximum absolute atomic E-state index is 8.91.